The number of benzene rings is 1. The Labute approximate surface area is 166 Å². The zero-order valence-corrected chi connectivity index (χ0v) is 16.1. The molecule has 1 aromatic rings. The fraction of sp³-hybridized carbons (Fsp3) is 0.389. The first kappa shape index (κ1) is 18.3. The number of morpholine rings is 1. The van der Waals surface area contributed by atoms with E-state index < -0.39 is 0 Å². The molecular formula is C18H18N2O5S2. The Morgan fingerprint density at radius 2 is 2.00 bits per heavy atom. The van der Waals surface area contributed by atoms with Crippen LogP contribution in [0, 0.1) is 0 Å². The Bertz CT molecular complexity index is 820. The fourth-order valence-electron chi connectivity index (χ4n) is 3.03. The topological polar surface area (TPSA) is 68.3 Å². The summed E-state index contributed by atoms with van der Waals surface area (Å²) in [5, 5.41) is 0. The van der Waals surface area contributed by atoms with E-state index in [2.05, 4.69) is 0 Å². The molecule has 0 radical (unpaired) electrons. The van der Waals surface area contributed by atoms with Gasteiger partial charge in [-0.25, -0.2) is 0 Å². The lowest BCUT2D eigenvalue weighted by Gasteiger charge is -2.27. The second-order valence-corrected chi connectivity index (χ2v) is 7.86. The van der Waals surface area contributed by atoms with Crippen LogP contribution in [-0.2, 0) is 14.3 Å². The van der Waals surface area contributed by atoms with Crippen LogP contribution in [-0.4, -0.2) is 65.6 Å². The highest BCUT2D eigenvalue weighted by molar-refractivity contribution is 8.26. The third-order valence-corrected chi connectivity index (χ3v) is 5.86. The van der Waals surface area contributed by atoms with Crippen molar-refractivity contribution in [1.82, 2.24) is 9.80 Å². The average molecular weight is 406 g/mol. The number of hydrogen-bond donors (Lipinski definition) is 0. The van der Waals surface area contributed by atoms with Crippen molar-refractivity contribution >= 4 is 46.2 Å². The molecule has 2 saturated heterocycles. The van der Waals surface area contributed by atoms with Crippen LogP contribution in [0.15, 0.2) is 23.1 Å². The summed E-state index contributed by atoms with van der Waals surface area (Å²) in [5.41, 5.74) is 0.837. The lowest BCUT2D eigenvalue weighted by atomic mass is 10.2. The van der Waals surface area contributed by atoms with E-state index in [1.807, 2.05) is 18.2 Å². The summed E-state index contributed by atoms with van der Waals surface area (Å²) in [5.74, 6) is 1.21. The van der Waals surface area contributed by atoms with Crippen LogP contribution in [0.1, 0.15) is 12.0 Å². The SMILES string of the molecule is O=C(CCN1C(=O)/C(=C/c2ccc3c(c2)OCO3)SC1=S)N1CCOCC1. The van der Waals surface area contributed by atoms with Gasteiger partial charge in [0.05, 0.1) is 18.1 Å². The molecular weight excluding hydrogens is 388 g/mol. The van der Waals surface area contributed by atoms with Crippen molar-refractivity contribution in [2.75, 3.05) is 39.6 Å². The number of hydrogen-bond acceptors (Lipinski definition) is 7. The summed E-state index contributed by atoms with van der Waals surface area (Å²) < 4.78 is 16.4. The maximum Gasteiger partial charge on any atom is 0.266 e. The molecule has 0 aliphatic carbocycles. The van der Waals surface area contributed by atoms with Gasteiger partial charge in [0.1, 0.15) is 4.32 Å². The van der Waals surface area contributed by atoms with Gasteiger partial charge in [-0.15, -0.1) is 0 Å². The van der Waals surface area contributed by atoms with E-state index in [0.717, 1.165) is 5.56 Å². The summed E-state index contributed by atoms with van der Waals surface area (Å²) in [6, 6.07) is 5.51. The number of fused-ring (bicyclic) bond motifs is 1. The zero-order valence-electron chi connectivity index (χ0n) is 14.5. The Balaban J connectivity index is 1.40. The van der Waals surface area contributed by atoms with Gasteiger partial charge in [-0.3, -0.25) is 14.5 Å². The molecule has 4 rings (SSSR count). The maximum atomic E-state index is 12.7. The van der Waals surface area contributed by atoms with Gasteiger partial charge in [0.2, 0.25) is 12.7 Å². The second-order valence-electron chi connectivity index (χ2n) is 6.19. The highest BCUT2D eigenvalue weighted by Crippen LogP contribution is 2.36. The summed E-state index contributed by atoms with van der Waals surface area (Å²) >= 11 is 6.59. The molecule has 1 aromatic carbocycles. The van der Waals surface area contributed by atoms with E-state index in [-0.39, 0.29) is 25.0 Å². The van der Waals surface area contributed by atoms with Crippen molar-refractivity contribution in [1.29, 1.82) is 0 Å². The van der Waals surface area contributed by atoms with Crippen molar-refractivity contribution in [2.45, 2.75) is 6.42 Å². The monoisotopic (exact) mass is 406 g/mol. The van der Waals surface area contributed by atoms with Gasteiger partial charge in [-0.05, 0) is 23.8 Å². The Kier molecular flexibility index (Phi) is 5.33. The number of rotatable bonds is 4. The van der Waals surface area contributed by atoms with E-state index in [1.165, 1.54) is 16.7 Å². The first-order chi connectivity index (χ1) is 13.1. The van der Waals surface area contributed by atoms with E-state index in [1.54, 1.807) is 11.0 Å². The van der Waals surface area contributed by atoms with Crippen molar-refractivity contribution in [3.63, 3.8) is 0 Å². The zero-order chi connectivity index (χ0) is 18.8. The summed E-state index contributed by atoms with van der Waals surface area (Å²) in [7, 11) is 0. The van der Waals surface area contributed by atoms with E-state index >= 15 is 0 Å². The molecule has 0 spiro atoms. The number of ether oxygens (including phenoxy) is 3. The standard InChI is InChI=1S/C18H18N2O5S2/c21-16(19-5-7-23-8-6-19)3-4-20-17(22)15(27-18(20)26)10-12-1-2-13-14(9-12)25-11-24-13/h1-2,9-10H,3-8,11H2/b15-10-. The first-order valence-corrected chi connectivity index (χ1v) is 9.85. The lowest BCUT2D eigenvalue weighted by Crippen LogP contribution is -2.42. The number of thiocarbonyl (C=S) groups is 1. The highest BCUT2D eigenvalue weighted by atomic mass is 32.2. The van der Waals surface area contributed by atoms with Crippen molar-refractivity contribution in [2.24, 2.45) is 0 Å². The maximum absolute atomic E-state index is 12.7. The van der Waals surface area contributed by atoms with Crippen LogP contribution < -0.4 is 9.47 Å². The van der Waals surface area contributed by atoms with Gasteiger partial charge >= 0.3 is 0 Å². The van der Waals surface area contributed by atoms with Gasteiger partial charge in [0.15, 0.2) is 11.5 Å². The minimum absolute atomic E-state index is 0.0205. The smallest absolute Gasteiger partial charge is 0.266 e. The summed E-state index contributed by atoms with van der Waals surface area (Å²) in [6.07, 6.45) is 2.04. The van der Waals surface area contributed by atoms with Gasteiger partial charge in [-0.1, -0.05) is 30.0 Å². The van der Waals surface area contributed by atoms with E-state index in [4.69, 9.17) is 26.4 Å². The first-order valence-electron chi connectivity index (χ1n) is 8.62. The number of nitrogens with zero attached hydrogens (tertiary/aromatic N) is 2. The minimum atomic E-state index is -0.169. The largest absolute Gasteiger partial charge is 0.454 e. The number of carbonyl (C=O) groups excluding carboxylic acids is 2. The lowest BCUT2D eigenvalue weighted by molar-refractivity contribution is -0.135. The predicted octanol–water partition coefficient (Wildman–Crippen LogP) is 1.87. The second kappa shape index (κ2) is 7.87. The number of amides is 2. The number of thioether (sulfide) groups is 1. The molecule has 27 heavy (non-hydrogen) atoms. The highest BCUT2D eigenvalue weighted by Gasteiger charge is 2.32. The van der Waals surface area contributed by atoms with Crippen LogP contribution >= 0.6 is 24.0 Å². The Hall–Kier alpha value is -2.10. The van der Waals surface area contributed by atoms with Crippen LogP contribution in [0.25, 0.3) is 6.08 Å². The minimum Gasteiger partial charge on any atom is -0.454 e. The molecule has 0 unspecified atom stereocenters. The molecule has 9 heteroatoms. The molecule has 0 atom stereocenters. The van der Waals surface area contributed by atoms with Crippen LogP contribution in [0.3, 0.4) is 0 Å². The van der Waals surface area contributed by atoms with Crippen molar-refractivity contribution in [3.05, 3.63) is 28.7 Å². The predicted molar refractivity (Wildman–Crippen MR) is 104 cm³/mol. The Morgan fingerprint density at radius 3 is 2.81 bits per heavy atom. The average Bonchev–Trinajstić information content (AvgIpc) is 3.25. The quantitative estimate of drug-likeness (QED) is 0.558. The molecule has 142 valence electrons. The van der Waals surface area contributed by atoms with Gasteiger partial charge < -0.3 is 19.1 Å². The molecule has 7 nitrogen and oxygen atoms in total. The third kappa shape index (κ3) is 3.95. The number of carbonyl (C=O) groups is 2. The molecule has 0 N–H and O–H groups in total. The molecule has 0 saturated carbocycles. The molecule has 3 aliphatic heterocycles. The Morgan fingerprint density at radius 1 is 1.22 bits per heavy atom. The van der Waals surface area contributed by atoms with E-state index in [9.17, 15) is 9.59 Å². The van der Waals surface area contributed by atoms with Crippen molar-refractivity contribution in [3.8, 4) is 11.5 Å². The van der Waals surface area contributed by atoms with Crippen LogP contribution in [0.5, 0.6) is 11.5 Å². The van der Waals surface area contributed by atoms with E-state index in [0.29, 0.717) is 53.6 Å². The third-order valence-electron chi connectivity index (χ3n) is 4.48. The van der Waals surface area contributed by atoms with Crippen molar-refractivity contribution < 1.29 is 23.8 Å². The van der Waals surface area contributed by atoms with Gasteiger partial charge in [0.25, 0.3) is 5.91 Å². The summed E-state index contributed by atoms with van der Waals surface area (Å²) in [4.78, 5) is 28.8. The molecule has 2 amide bonds. The molecule has 3 heterocycles. The van der Waals surface area contributed by atoms with Gasteiger partial charge in [-0.2, -0.15) is 0 Å². The fourth-order valence-corrected chi connectivity index (χ4v) is 4.33. The molecule has 0 bridgehead atoms. The molecule has 2 fully saturated rings. The molecule has 3 aliphatic rings. The van der Waals surface area contributed by atoms with Crippen LogP contribution in [0.4, 0.5) is 0 Å². The summed E-state index contributed by atoms with van der Waals surface area (Å²) in [6.45, 7) is 2.82. The normalized spacial score (nSPS) is 20.7. The van der Waals surface area contributed by atoms with Crippen LogP contribution in [0.2, 0.25) is 0 Å². The van der Waals surface area contributed by atoms with Gasteiger partial charge in [0, 0.05) is 26.1 Å². The molecule has 0 aromatic heterocycles.